The Balaban J connectivity index is 1.72. The molecule has 1 N–H and O–H groups in total. The molecule has 0 saturated heterocycles. The van der Waals surface area contributed by atoms with E-state index in [4.69, 9.17) is 0 Å². The molecule has 3 aromatic rings. The van der Waals surface area contributed by atoms with Crippen molar-refractivity contribution in [1.29, 1.82) is 0 Å². The average Bonchev–Trinajstić information content (AvgIpc) is 3.23. The largest absolute Gasteiger partial charge is 0.348 e. The van der Waals surface area contributed by atoms with E-state index in [0.717, 1.165) is 21.0 Å². The summed E-state index contributed by atoms with van der Waals surface area (Å²) in [5.74, 6) is 0.208. The molecule has 3 rings (SSSR count). The van der Waals surface area contributed by atoms with Crippen LogP contribution in [0.2, 0.25) is 0 Å². The second-order valence-corrected chi connectivity index (χ2v) is 7.86. The number of aromatic nitrogens is 6. The third-order valence-electron chi connectivity index (χ3n) is 4.06. The molecule has 0 radical (unpaired) electrons. The van der Waals surface area contributed by atoms with Gasteiger partial charge in [0.25, 0.3) is 5.56 Å². The maximum Gasteiger partial charge on any atom is 0.332 e. The molecule has 0 fully saturated rings. The average molecular weight is 391 g/mol. The van der Waals surface area contributed by atoms with Crippen molar-refractivity contribution in [1.82, 2.24) is 34.2 Å². The zero-order valence-corrected chi connectivity index (χ0v) is 16.4. The molecule has 10 nitrogen and oxygen atoms in total. The second kappa shape index (κ2) is 7.43. The van der Waals surface area contributed by atoms with Gasteiger partial charge in [-0.25, -0.2) is 9.78 Å². The van der Waals surface area contributed by atoms with E-state index in [2.05, 4.69) is 34.3 Å². The van der Waals surface area contributed by atoms with Gasteiger partial charge in [-0.3, -0.25) is 18.7 Å². The molecule has 144 valence electrons. The molecular weight excluding hydrogens is 370 g/mol. The Bertz CT molecular complexity index is 1110. The van der Waals surface area contributed by atoms with Crippen molar-refractivity contribution in [2.24, 2.45) is 20.0 Å². The molecule has 0 aliphatic carbocycles. The minimum Gasteiger partial charge on any atom is -0.348 e. The molecule has 3 aromatic heterocycles. The number of hydrogen-bond acceptors (Lipinski definition) is 7. The summed E-state index contributed by atoms with van der Waals surface area (Å²) in [6.07, 6.45) is 2.24. The number of carbonyl (C=O) groups is 1. The van der Waals surface area contributed by atoms with Crippen LogP contribution in [0.25, 0.3) is 11.2 Å². The van der Waals surface area contributed by atoms with Crippen LogP contribution in [0.1, 0.15) is 23.9 Å². The fourth-order valence-electron chi connectivity index (χ4n) is 2.69. The predicted octanol–water partition coefficient (Wildman–Crippen LogP) is -0.200. The lowest BCUT2D eigenvalue weighted by Gasteiger charge is -2.07. The molecule has 11 heteroatoms. The first-order valence-electron chi connectivity index (χ1n) is 8.46. The number of amides is 1. The Labute approximate surface area is 158 Å². The van der Waals surface area contributed by atoms with Gasteiger partial charge in [0.2, 0.25) is 5.91 Å². The zero-order valence-electron chi connectivity index (χ0n) is 15.6. The summed E-state index contributed by atoms with van der Waals surface area (Å²) in [4.78, 5) is 40.7. The van der Waals surface area contributed by atoms with Gasteiger partial charge in [0, 0.05) is 20.5 Å². The Morgan fingerprint density at radius 2 is 1.89 bits per heavy atom. The summed E-state index contributed by atoms with van der Waals surface area (Å²) in [6.45, 7) is 4.41. The second-order valence-electron chi connectivity index (χ2n) is 6.71. The third kappa shape index (κ3) is 3.82. The summed E-state index contributed by atoms with van der Waals surface area (Å²) in [7, 11) is 2.93. The van der Waals surface area contributed by atoms with Gasteiger partial charge in [-0.1, -0.05) is 25.2 Å². The number of nitrogens with zero attached hydrogens (tertiary/aromatic N) is 6. The van der Waals surface area contributed by atoms with Crippen molar-refractivity contribution < 1.29 is 4.79 Å². The smallest absolute Gasteiger partial charge is 0.332 e. The molecule has 0 aliphatic heterocycles. The maximum atomic E-state index is 12.4. The SMILES string of the molecule is CC(C)Cc1nnc(CNC(=O)Cn2cnc3c2c(=O)n(C)c(=O)n3C)s1. The minimum absolute atomic E-state index is 0.0817. The van der Waals surface area contributed by atoms with Crippen molar-refractivity contribution in [3.63, 3.8) is 0 Å². The normalized spacial score (nSPS) is 11.4. The van der Waals surface area contributed by atoms with Gasteiger partial charge in [0.15, 0.2) is 11.2 Å². The van der Waals surface area contributed by atoms with Crippen LogP contribution >= 0.6 is 11.3 Å². The molecule has 0 spiro atoms. The molecule has 0 bridgehead atoms. The molecule has 0 atom stereocenters. The standard InChI is InChI=1S/C16H21N7O3S/c1-9(2)5-11-19-20-12(27-11)6-17-10(24)7-23-8-18-14-13(23)15(25)22(4)16(26)21(14)3/h8-9H,5-7H2,1-4H3,(H,17,24). The number of nitrogens with one attached hydrogen (secondary N) is 1. The van der Waals surface area contributed by atoms with Gasteiger partial charge in [-0.05, 0) is 5.92 Å². The van der Waals surface area contributed by atoms with E-state index in [0.29, 0.717) is 5.92 Å². The van der Waals surface area contributed by atoms with E-state index in [1.165, 1.54) is 40.9 Å². The van der Waals surface area contributed by atoms with Crippen molar-refractivity contribution >= 4 is 28.4 Å². The maximum absolute atomic E-state index is 12.4. The zero-order chi connectivity index (χ0) is 19.7. The quantitative estimate of drug-likeness (QED) is 0.622. The summed E-state index contributed by atoms with van der Waals surface area (Å²) in [5.41, 5.74) is -0.486. The van der Waals surface area contributed by atoms with E-state index in [1.54, 1.807) is 0 Å². The highest BCUT2D eigenvalue weighted by molar-refractivity contribution is 7.11. The Morgan fingerprint density at radius 3 is 2.59 bits per heavy atom. The van der Waals surface area contributed by atoms with Crippen LogP contribution in [0.5, 0.6) is 0 Å². The van der Waals surface area contributed by atoms with E-state index in [1.807, 2.05) is 0 Å². The summed E-state index contributed by atoms with van der Waals surface area (Å²) >= 11 is 1.47. The van der Waals surface area contributed by atoms with Gasteiger partial charge >= 0.3 is 5.69 Å². The fraction of sp³-hybridized carbons (Fsp3) is 0.500. The highest BCUT2D eigenvalue weighted by Gasteiger charge is 2.16. The van der Waals surface area contributed by atoms with E-state index in [-0.39, 0.29) is 30.2 Å². The molecule has 0 aliphatic rings. The van der Waals surface area contributed by atoms with Crippen LogP contribution in [0.15, 0.2) is 15.9 Å². The predicted molar refractivity (Wildman–Crippen MR) is 101 cm³/mol. The first-order chi connectivity index (χ1) is 12.8. The molecule has 27 heavy (non-hydrogen) atoms. The van der Waals surface area contributed by atoms with Crippen LogP contribution < -0.4 is 16.6 Å². The number of rotatable bonds is 6. The number of imidazole rings is 1. The van der Waals surface area contributed by atoms with Gasteiger partial charge in [-0.2, -0.15) is 0 Å². The molecule has 1 amide bonds. The van der Waals surface area contributed by atoms with Crippen LogP contribution in [0, 0.1) is 5.92 Å². The van der Waals surface area contributed by atoms with Gasteiger partial charge in [0.1, 0.15) is 16.6 Å². The number of carbonyl (C=O) groups excluding carboxylic acids is 1. The van der Waals surface area contributed by atoms with Crippen LogP contribution in [0.3, 0.4) is 0 Å². The molecule has 3 heterocycles. The van der Waals surface area contributed by atoms with E-state index < -0.39 is 11.2 Å². The van der Waals surface area contributed by atoms with Crippen LogP contribution in [-0.2, 0) is 38.4 Å². The van der Waals surface area contributed by atoms with Gasteiger partial charge in [-0.15, -0.1) is 10.2 Å². The van der Waals surface area contributed by atoms with Crippen molar-refractivity contribution in [2.45, 2.75) is 33.4 Å². The highest BCUT2D eigenvalue weighted by atomic mass is 32.1. The topological polar surface area (TPSA) is 117 Å². The van der Waals surface area contributed by atoms with E-state index in [9.17, 15) is 14.4 Å². The Morgan fingerprint density at radius 1 is 1.19 bits per heavy atom. The molecule has 0 saturated carbocycles. The first-order valence-corrected chi connectivity index (χ1v) is 9.28. The number of hydrogen-bond donors (Lipinski definition) is 1. The molecular formula is C16H21N7O3S. The van der Waals surface area contributed by atoms with Crippen LogP contribution in [0.4, 0.5) is 0 Å². The van der Waals surface area contributed by atoms with Crippen molar-refractivity contribution in [3.8, 4) is 0 Å². The summed E-state index contributed by atoms with van der Waals surface area (Å²) in [6, 6.07) is 0. The molecule has 0 aromatic carbocycles. The summed E-state index contributed by atoms with van der Waals surface area (Å²) < 4.78 is 3.72. The van der Waals surface area contributed by atoms with Gasteiger partial charge < -0.3 is 9.88 Å². The lowest BCUT2D eigenvalue weighted by Crippen LogP contribution is -2.38. The minimum atomic E-state index is -0.485. The van der Waals surface area contributed by atoms with Gasteiger partial charge in [0.05, 0.1) is 12.9 Å². The highest BCUT2D eigenvalue weighted by Crippen LogP contribution is 2.13. The lowest BCUT2D eigenvalue weighted by atomic mass is 10.1. The lowest BCUT2D eigenvalue weighted by molar-refractivity contribution is -0.121. The fourth-order valence-corrected chi connectivity index (χ4v) is 3.69. The number of aryl methyl sites for hydroxylation is 1. The van der Waals surface area contributed by atoms with Crippen molar-refractivity contribution in [2.75, 3.05) is 0 Å². The van der Waals surface area contributed by atoms with Crippen molar-refractivity contribution in [3.05, 3.63) is 37.2 Å². The monoisotopic (exact) mass is 391 g/mol. The number of fused-ring (bicyclic) bond motifs is 1. The third-order valence-corrected chi connectivity index (χ3v) is 5.01. The summed E-state index contributed by atoms with van der Waals surface area (Å²) in [5, 5.41) is 12.6. The Hall–Kier alpha value is -2.82. The van der Waals surface area contributed by atoms with Crippen LogP contribution in [-0.4, -0.2) is 34.8 Å². The molecule has 0 unspecified atom stereocenters. The first kappa shape index (κ1) is 19.0. The Kier molecular flexibility index (Phi) is 5.22. The van der Waals surface area contributed by atoms with E-state index >= 15 is 0 Å².